The molecule has 1 aromatic carbocycles. The number of aromatic nitrogens is 2. The molecule has 0 radical (unpaired) electrons. The van der Waals surface area contributed by atoms with Crippen LogP contribution in [0.1, 0.15) is 0 Å². The number of amides is 1. The molecule has 0 spiro atoms. The monoisotopic (exact) mass is 392 g/mol. The number of methoxy groups -OCH3 is 2. The molecule has 0 atom stereocenters. The Hall–Kier alpha value is -2.65. The standard InChI is InChI=1S/C18H24N4O4S/c1-19-7-8-21(2)17(24)11-22-14(10-16(23)20-18(22)27)13-6-5-12(25-3)9-15(13)26-4/h5-6,9-10,19H,7-8,11H2,1-4H3,(H,20,23,27). The molecule has 0 saturated carbocycles. The van der Waals surface area contributed by atoms with Gasteiger partial charge in [0.1, 0.15) is 18.0 Å². The SMILES string of the molecule is CNCCN(C)C(=O)Cn1c(-c2ccc(OC)cc2OC)cc(=O)[nH]c1=S. The summed E-state index contributed by atoms with van der Waals surface area (Å²) in [5.74, 6) is 1.01. The van der Waals surface area contributed by atoms with Crippen molar-refractivity contribution < 1.29 is 14.3 Å². The molecular weight excluding hydrogens is 368 g/mol. The van der Waals surface area contributed by atoms with Crippen LogP contribution in [0, 0.1) is 4.77 Å². The maximum Gasteiger partial charge on any atom is 0.252 e. The highest BCUT2D eigenvalue weighted by Crippen LogP contribution is 2.32. The zero-order valence-electron chi connectivity index (χ0n) is 15.9. The minimum atomic E-state index is -0.347. The van der Waals surface area contributed by atoms with E-state index in [0.717, 1.165) is 0 Å². The average Bonchev–Trinajstić information content (AvgIpc) is 2.67. The van der Waals surface area contributed by atoms with Crippen LogP contribution in [0.4, 0.5) is 0 Å². The number of nitrogens with zero attached hydrogens (tertiary/aromatic N) is 2. The molecule has 0 bridgehead atoms. The summed E-state index contributed by atoms with van der Waals surface area (Å²) in [6, 6.07) is 6.64. The fraction of sp³-hybridized carbons (Fsp3) is 0.389. The second kappa shape index (κ2) is 9.33. The highest BCUT2D eigenvalue weighted by atomic mass is 32.1. The van der Waals surface area contributed by atoms with Gasteiger partial charge in [-0.3, -0.25) is 14.6 Å². The zero-order chi connectivity index (χ0) is 20.0. The summed E-state index contributed by atoms with van der Waals surface area (Å²) in [6.07, 6.45) is 0. The lowest BCUT2D eigenvalue weighted by Crippen LogP contribution is -2.35. The van der Waals surface area contributed by atoms with Gasteiger partial charge in [0.15, 0.2) is 4.77 Å². The van der Waals surface area contributed by atoms with Crippen LogP contribution in [0.25, 0.3) is 11.3 Å². The van der Waals surface area contributed by atoms with Crippen LogP contribution in [0.5, 0.6) is 11.5 Å². The average molecular weight is 392 g/mol. The lowest BCUT2D eigenvalue weighted by atomic mass is 10.1. The van der Waals surface area contributed by atoms with Gasteiger partial charge in [-0.1, -0.05) is 0 Å². The van der Waals surface area contributed by atoms with Crippen LogP contribution < -0.4 is 20.3 Å². The Morgan fingerprint density at radius 1 is 1.30 bits per heavy atom. The zero-order valence-corrected chi connectivity index (χ0v) is 16.7. The molecular formula is C18H24N4O4S. The number of ether oxygens (including phenoxy) is 2. The molecule has 0 fully saturated rings. The molecule has 1 amide bonds. The van der Waals surface area contributed by atoms with E-state index in [4.69, 9.17) is 21.7 Å². The molecule has 8 nitrogen and oxygen atoms in total. The van der Waals surface area contributed by atoms with E-state index in [-0.39, 0.29) is 22.8 Å². The third-order valence-corrected chi connectivity index (χ3v) is 4.46. The largest absolute Gasteiger partial charge is 0.497 e. The van der Waals surface area contributed by atoms with E-state index >= 15 is 0 Å². The Bertz CT molecular complexity index is 922. The molecule has 2 aromatic rings. The Balaban J connectivity index is 2.51. The van der Waals surface area contributed by atoms with Gasteiger partial charge in [-0.15, -0.1) is 0 Å². The Morgan fingerprint density at radius 3 is 2.67 bits per heavy atom. The first-order valence-electron chi connectivity index (χ1n) is 8.36. The van der Waals surface area contributed by atoms with Crippen LogP contribution in [-0.2, 0) is 11.3 Å². The van der Waals surface area contributed by atoms with Crippen molar-refractivity contribution >= 4 is 18.1 Å². The normalized spacial score (nSPS) is 10.5. The fourth-order valence-electron chi connectivity index (χ4n) is 2.57. The van der Waals surface area contributed by atoms with Crippen molar-refractivity contribution in [1.29, 1.82) is 0 Å². The maximum absolute atomic E-state index is 12.6. The number of carbonyl (C=O) groups is 1. The molecule has 9 heteroatoms. The summed E-state index contributed by atoms with van der Waals surface area (Å²) in [5.41, 5.74) is 0.792. The topological polar surface area (TPSA) is 88.6 Å². The summed E-state index contributed by atoms with van der Waals surface area (Å²) >= 11 is 5.31. The number of hydrogen-bond acceptors (Lipinski definition) is 6. The molecule has 27 heavy (non-hydrogen) atoms. The number of likely N-dealkylation sites (N-methyl/N-ethyl adjacent to an activating group) is 2. The maximum atomic E-state index is 12.6. The molecule has 1 aromatic heterocycles. The van der Waals surface area contributed by atoms with Gasteiger partial charge in [-0.2, -0.15) is 0 Å². The van der Waals surface area contributed by atoms with Gasteiger partial charge in [0.05, 0.1) is 19.9 Å². The third-order valence-electron chi connectivity index (χ3n) is 4.13. The number of benzene rings is 1. The van der Waals surface area contributed by atoms with Crippen molar-refractivity contribution in [3.05, 3.63) is 39.4 Å². The van der Waals surface area contributed by atoms with Crippen LogP contribution in [0.2, 0.25) is 0 Å². The Kier molecular flexibility index (Phi) is 7.14. The van der Waals surface area contributed by atoms with Crippen molar-refractivity contribution in [2.24, 2.45) is 0 Å². The number of H-pyrrole nitrogens is 1. The first-order valence-corrected chi connectivity index (χ1v) is 8.77. The molecule has 0 aliphatic rings. The number of carbonyl (C=O) groups excluding carboxylic acids is 1. The van der Waals surface area contributed by atoms with E-state index in [2.05, 4.69) is 10.3 Å². The second-order valence-electron chi connectivity index (χ2n) is 5.90. The predicted octanol–water partition coefficient (Wildman–Crippen LogP) is 1.27. The number of rotatable bonds is 8. The summed E-state index contributed by atoms with van der Waals surface area (Å²) < 4.78 is 12.4. The van der Waals surface area contributed by atoms with Gasteiger partial charge in [-0.25, -0.2) is 0 Å². The van der Waals surface area contributed by atoms with Crippen molar-refractivity contribution in [3.8, 4) is 22.8 Å². The van der Waals surface area contributed by atoms with Gasteiger partial charge in [0.25, 0.3) is 5.56 Å². The number of nitrogens with one attached hydrogen (secondary N) is 2. The smallest absolute Gasteiger partial charge is 0.252 e. The minimum Gasteiger partial charge on any atom is -0.497 e. The highest BCUT2D eigenvalue weighted by molar-refractivity contribution is 7.71. The molecule has 146 valence electrons. The molecule has 1 heterocycles. The lowest BCUT2D eigenvalue weighted by molar-refractivity contribution is -0.130. The summed E-state index contributed by atoms with van der Waals surface area (Å²) in [4.78, 5) is 28.8. The molecule has 0 saturated heterocycles. The minimum absolute atomic E-state index is 0.000342. The van der Waals surface area contributed by atoms with Gasteiger partial charge in [0, 0.05) is 37.8 Å². The van der Waals surface area contributed by atoms with E-state index < -0.39 is 0 Å². The van der Waals surface area contributed by atoms with E-state index in [1.54, 1.807) is 41.8 Å². The molecule has 2 N–H and O–H groups in total. The molecule has 0 aliphatic carbocycles. The number of aromatic amines is 1. The van der Waals surface area contributed by atoms with Gasteiger partial charge in [0.2, 0.25) is 5.91 Å². The van der Waals surface area contributed by atoms with E-state index in [1.165, 1.54) is 13.2 Å². The second-order valence-corrected chi connectivity index (χ2v) is 6.28. The van der Waals surface area contributed by atoms with Crippen molar-refractivity contribution in [3.63, 3.8) is 0 Å². The van der Waals surface area contributed by atoms with Crippen LogP contribution in [0.15, 0.2) is 29.1 Å². The van der Waals surface area contributed by atoms with E-state index in [9.17, 15) is 9.59 Å². The Labute approximate surface area is 162 Å². The molecule has 0 aliphatic heterocycles. The molecule has 0 unspecified atom stereocenters. The fourth-order valence-corrected chi connectivity index (χ4v) is 2.83. The van der Waals surface area contributed by atoms with Crippen molar-refractivity contribution in [2.75, 3.05) is 41.4 Å². The van der Waals surface area contributed by atoms with Crippen LogP contribution >= 0.6 is 12.2 Å². The van der Waals surface area contributed by atoms with Crippen molar-refractivity contribution in [1.82, 2.24) is 19.8 Å². The summed E-state index contributed by atoms with van der Waals surface area (Å²) in [6.45, 7) is 1.24. The third kappa shape index (κ3) is 4.95. The first kappa shape index (κ1) is 20.7. The van der Waals surface area contributed by atoms with Crippen LogP contribution in [-0.4, -0.2) is 61.8 Å². The van der Waals surface area contributed by atoms with E-state index in [1.807, 2.05) is 7.05 Å². The summed E-state index contributed by atoms with van der Waals surface area (Å²) in [5, 5.41) is 3.00. The van der Waals surface area contributed by atoms with Crippen LogP contribution in [0.3, 0.4) is 0 Å². The quantitative estimate of drug-likeness (QED) is 0.658. The highest BCUT2D eigenvalue weighted by Gasteiger charge is 2.16. The van der Waals surface area contributed by atoms with Gasteiger partial charge < -0.3 is 24.3 Å². The lowest BCUT2D eigenvalue weighted by Gasteiger charge is -2.20. The van der Waals surface area contributed by atoms with Crippen molar-refractivity contribution in [2.45, 2.75) is 6.54 Å². The van der Waals surface area contributed by atoms with Gasteiger partial charge >= 0.3 is 0 Å². The van der Waals surface area contributed by atoms with E-state index in [0.29, 0.717) is 35.8 Å². The predicted molar refractivity (Wildman–Crippen MR) is 106 cm³/mol. The number of hydrogen-bond donors (Lipinski definition) is 2. The molecule has 2 rings (SSSR count). The first-order chi connectivity index (χ1) is 12.9. The Morgan fingerprint density at radius 2 is 2.04 bits per heavy atom. The summed E-state index contributed by atoms with van der Waals surface area (Å²) in [7, 11) is 6.64. The van der Waals surface area contributed by atoms with Gasteiger partial charge in [-0.05, 0) is 31.4 Å².